The molecule has 0 aromatic heterocycles. The first-order valence-electron chi connectivity index (χ1n) is 7.57. The summed E-state index contributed by atoms with van der Waals surface area (Å²) < 4.78 is 33.0. The molecule has 2 saturated heterocycles. The number of hydrogen-bond donors (Lipinski definition) is 0. The maximum atomic E-state index is 14.0. The molecule has 1 aromatic carbocycles. The SMILES string of the molecule is N#Cc1c(F)cccc1N1C[C@H](F)C[C@H]1C(=O)N1CCOCC1. The summed E-state index contributed by atoms with van der Waals surface area (Å²) in [6.45, 7) is 1.84. The summed E-state index contributed by atoms with van der Waals surface area (Å²) in [6.07, 6.45) is -1.13. The number of ether oxygens (including phenoxy) is 1. The molecule has 2 heterocycles. The Morgan fingerprint density at radius 1 is 1.35 bits per heavy atom. The van der Waals surface area contributed by atoms with Gasteiger partial charge in [0.2, 0.25) is 5.91 Å². The van der Waals surface area contributed by atoms with E-state index in [1.165, 1.54) is 17.0 Å². The van der Waals surface area contributed by atoms with Gasteiger partial charge in [-0.1, -0.05) is 6.07 Å². The molecule has 0 N–H and O–H groups in total. The Morgan fingerprint density at radius 2 is 2.09 bits per heavy atom. The average molecular weight is 321 g/mol. The lowest BCUT2D eigenvalue weighted by atomic mass is 10.1. The number of amides is 1. The van der Waals surface area contributed by atoms with Crippen molar-refractivity contribution >= 4 is 11.6 Å². The molecule has 23 heavy (non-hydrogen) atoms. The van der Waals surface area contributed by atoms with E-state index in [2.05, 4.69) is 0 Å². The second-order valence-corrected chi connectivity index (χ2v) is 5.68. The predicted molar refractivity (Wildman–Crippen MR) is 79.2 cm³/mol. The van der Waals surface area contributed by atoms with Crippen molar-refractivity contribution in [2.24, 2.45) is 0 Å². The van der Waals surface area contributed by atoms with Crippen LogP contribution in [0, 0.1) is 17.1 Å². The number of nitrogens with zero attached hydrogens (tertiary/aromatic N) is 3. The Hall–Kier alpha value is -2.20. The first kappa shape index (κ1) is 15.7. The fraction of sp³-hybridized carbons (Fsp3) is 0.500. The number of alkyl halides is 1. The van der Waals surface area contributed by atoms with Crippen LogP contribution in [0.5, 0.6) is 0 Å². The van der Waals surface area contributed by atoms with Crippen molar-refractivity contribution in [3.05, 3.63) is 29.6 Å². The number of hydrogen-bond acceptors (Lipinski definition) is 4. The minimum atomic E-state index is -1.18. The third-order valence-corrected chi connectivity index (χ3v) is 4.27. The zero-order valence-corrected chi connectivity index (χ0v) is 12.5. The van der Waals surface area contributed by atoms with Crippen LogP contribution in [0.4, 0.5) is 14.5 Å². The van der Waals surface area contributed by atoms with Gasteiger partial charge in [0.25, 0.3) is 0 Å². The minimum Gasteiger partial charge on any atom is -0.378 e. The topological polar surface area (TPSA) is 56.6 Å². The number of morpholine rings is 1. The van der Waals surface area contributed by atoms with Crippen LogP contribution in [0.1, 0.15) is 12.0 Å². The van der Waals surface area contributed by atoms with E-state index < -0.39 is 18.0 Å². The highest BCUT2D eigenvalue weighted by Crippen LogP contribution is 2.32. The van der Waals surface area contributed by atoms with E-state index in [9.17, 15) is 18.8 Å². The summed E-state index contributed by atoms with van der Waals surface area (Å²) in [5.74, 6) is -0.855. The van der Waals surface area contributed by atoms with Crippen LogP contribution in [-0.2, 0) is 9.53 Å². The van der Waals surface area contributed by atoms with Gasteiger partial charge in [0.05, 0.1) is 25.4 Å². The molecule has 3 rings (SSSR count). The summed E-state index contributed by atoms with van der Waals surface area (Å²) in [7, 11) is 0. The summed E-state index contributed by atoms with van der Waals surface area (Å²) in [4.78, 5) is 15.9. The van der Waals surface area contributed by atoms with Crippen LogP contribution >= 0.6 is 0 Å². The van der Waals surface area contributed by atoms with E-state index in [0.717, 1.165) is 0 Å². The van der Waals surface area contributed by atoms with Gasteiger partial charge in [-0.2, -0.15) is 5.26 Å². The van der Waals surface area contributed by atoms with Crippen LogP contribution in [-0.4, -0.2) is 55.9 Å². The van der Waals surface area contributed by atoms with Crippen molar-refractivity contribution in [3.8, 4) is 6.07 Å². The number of carbonyl (C=O) groups excluding carboxylic acids is 1. The smallest absolute Gasteiger partial charge is 0.245 e. The summed E-state index contributed by atoms with van der Waals surface area (Å²) in [6, 6.07) is 5.30. The van der Waals surface area contributed by atoms with Crippen LogP contribution in [0.3, 0.4) is 0 Å². The predicted octanol–water partition coefficient (Wildman–Crippen LogP) is 1.47. The molecule has 0 radical (unpaired) electrons. The number of benzene rings is 1. The van der Waals surface area contributed by atoms with E-state index >= 15 is 0 Å². The number of anilines is 1. The van der Waals surface area contributed by atoms with E-state index in [-0.39, 0.29) is 30.1 Å². The molecular formula is C16H17F2N3O2. The van der Waals surface area contributed by atoms with Crippen molar-refractivity contribution in [3.63, 3.8) is 0 Å². The van der Waals surface area contributed by atoms with Crippen LogP contribution in [0.2, 0.25) is 0 Å². The first-order valence-corrected chi connectivity index (χ1v) is 7.57. The van der Waals surface area contributed by atoms with Gasteiger partial charge in [0.1, 0.15) is 29.7 Å². The molecule has 0 unspecified atom stereocenters. The second kappa shape index (κ2) is 6.50. The van der Waals surface area contributed by atoms with Gasteiger partial charge in [-0.15, -0.1) is 0 Å². The maximum absolute atomic E-state index is 14.0. The molecule has 122 valence electrons. The largest absolute Gasteiger partial charge is 0.378 e. The summed E-state index contributed by atoms with van der Waals surface area (Å²) in [5.41, 5.74) is 0.126. The number of carbonyl (C=O) groups is 1. The Bertz CT molecular complexity index is 641. The van der Waals surface area contributed by atoms with Crippen molar-refractivity contribution in [2.45, 2.75) is 18.6 Å². The average Bonchev–Trinajstić information content (AvgIpc) is 2.96. The molecule has 7 heteroatoms. The normalized spacial score (nSPS) is 24.6. The Balaban J connectivity index is 1.90. The van der Waals surface area contributed by atoms with Crippen LogP contribution in [0.25, 0.3) is 0 Å². The van der Waals surface area contributed by atoms with Crippen molar-refractivity contribution in [1.29, 1.82) is 5.26 Å². The van der Waals surface area contributed by atoms with Crippen molar-refractivity contribution < 1.29 is 18.3 Å². The van der Waals surface area contributed by atoms with E-state index in [1.54, 1.807) is 11.0 Å². The quantitative estimate of drug-likeness (QED) is 0.828. The summed E-state index contributed by atoms with van der Waals surface area (Å²) in [5, 5.41) is 9.18. The molecule has 0 aliphatic carbocycles. The fourth-order valence-corrected chi connectivity index (χ4v) is 3.14. The third kappa shape index (κ3) is 2.99. The molecule has 0 saturated carbocycles. The van der Waals surface area contributed by atoms with Crippen molar-refractivity contribution in [2.75, 3.05) is 37.7 Å². The molecule has 5 nitrogen and oxygen atoms in total. The maximum Gasteiger partial charge on any atom is 0.245 e. The molecule has 0 bridgehead atoms. The van der Waals surface area contributed by atoms with Crippen LogP contribution < -0.4 is 4.90 Å². The monoisotopic (exact) mass is 321 g/mol. The Kier molecular flexibility index (Phi) is 4.44. The van der Waals surface area contributed by atoms with Gasteiger partial charge in [0, 0.05) is 19.5 Å². The minimum absolute atomic E-state index is 0.0150. The number of rotatable bonds is 2. The van der Waals surface area contributed by atoms with Gasteiger partial charge >= 0.3 is 0 Å². The van der Waals surface area contributed by atoms with E-state index in [1.807, 2.05) is 6.07 Å². The molecule has 2 atom stereocenters. The highest BCUT2D eigenvalue weighted by atomic mass is 19.1. The molecule has 1 amide bonds. The number of halogens is 2. The standard InChI is InChI=1S/C16H17F2N3O2/c17-11-8-15(16(22)20-4-6-23-7-5-20)21(10-11)14-3-1-2-13(18)12(14)9-19/h1-3,11,15H,4-8,10H2/t11-,15+/m1/s1. The summed E-state index contributed by atoms with van der Waals surface area (Å²) >= 11 is 0. The highest BCUT2D eigenvalue weighted by Gasteiger charge is 2.40. The Morgan fingerprint density at radius 3 is 2.78 bits per heavy atom. The van der Waals surface area contributed by atoms with Crippen molar-refractivity contribution in [1.82, 2.24) is 4.90 Å². The van der Waals surface area contributed by atoms with E-state index in [0.29, 0.717) is 26.3 Å². The van der Waals surface area contributed by atoms with Gasteiger partial charge in [0.15, 0.2) is 0 Å². The zero-order valence-electron chi connectivity index (χ0n) is 12.5. The lowest BCUT2D eigenvalue weighted by Crippen LogP contribution is -2.50. The molecular weight excluding hydrogens is 304 g/mol. The molecule has 2 aliphatic rings. The van der Waals surface area contributed by atoms with Gasteiger partial charge in [-0.05, 0) is 12.1 Å². The lowest BCUT2D eigenvalue weighted by Gasteiger charge is -2.33. The highest BCUT2D eigenvalue weighted by molar-refractivity contribution is 5.87. The van der Waals surface area contributed by atoms with E-state index in [4.69, 9.17) is 4.74 Å². The lowest BCUT2D eigenvalue weighted by molar-refractivity contribution is -0.136. The first-order chi connectivity index (χ1) is 11.1. The molecule has 0 spiro atoms. The fourth-order valence-electron chi connectivity index (χ4n) is 3.14. The van der Waals surface area contributed by atoms with Crippen LogP contribution in [0.15, 0.2) is 18.2 Å². The zero-order chi connectivity index (χ0) is 16.4. The van der Waals surface area contributed by atoms with Gasteiger partial charge < -0.3 is 14.5 Å². The number of nitriles is 1. The third-order valence-electron chi connectivity index (χ3n) is 4.27. The van der Waals surface area contributed by atoms with Gasteiger partial charge in [-0.3, -0.25) is 4.79 Å². The molecule has 2 fully saturated rings. The second-order valence-electron chi connectivity index (χ2n) is 5.68. The van der Waals surface area contributed by atoms with Gasteiger partial charge in [-0.25, -0.2) is 8.78 Å². The Labute approximate surface area is 133 Å². The molecule has 2 aliphatic heterocycles. The molecule has 1 aromatic rings.